The second-order valence-electron chi connectivity index (χ2n) is 6.83. The summed E-state index contributed by atoms with van der Waals surface area (Å²) in [7, 11) is 1.91. The van der Waals surface area contributed by atoms with E-state index in [9.17, 15) is 0 Å². The molecule has 2 aliphatic heterocycles. The molecule has 2 aromatic carbocycles. The summed E-state index contributed by atoms with van der Waals surface area (Å²) in [5, 5.41) is 1.74. The van der Waals surface area contributed by atoms with E-state index in [1.807, 2.05) is 13.2 Å². The normalized spacial score (nSPS) is 28.2. The van der Waals surface area contributed by atoms with Crippen molar-refractivity contribution in [2.75, 3.05) is 20.3 Å². The first-order valence-electron chi connectivity index (χ1n) is 8.77. The predicted molar refractivity (Wildman–Crippen MR) is 115 cm³/mol. The number of benzene rings is 2. The van der Waals surface area contributed by atoms with Crippen molar-refractivity contribution in [3.05, 3.63) is 74.5 Å². The van der Waals surface area contributed by atoms with Crippen LogP contribution in [0, 0.1) is 0 Å². The van der Waals surface area contributed by atoms with Gasteiger partial charge in [0, 0.05) is 5.02 Å². The molecule has 0 N–H and O–H groups in total. The van der Waals surface area contributed by atoms with Crippen LogP contribution in [-0.4, -0.2) is 37.2 Å². The highest BCUT2D eigenvalue weighted by molar-refractivity contribution is 6.42. The third-order valence-electron chi connectivity index (χ3n) is 4.81. The van der Waals surface area contributed by atoms with Crippen LogP contribution in [-0.2, 0) is 15.4 Å². The van der Waals surface area contributed by atoms with Gasteiger partial charge in [0.25, 0.3) is 0 Å². The van der Waals surface area contributed by atoms with Gasteiger partial charge in [-0.15, -0.1) is 0 Å². The average molecular weight is 475 g/mol. The van der Waals surface area contributed by atoms with E-state index in [1.165, 1.54) is 0 Å². The SMILES string of the molecule is C[N+]1(C2(c3ccc(Cl)cc3Cl)OCC(COc3cccc(Cl)c3Cl)O2)C=CN=C1. The fourth-order valence-electron chi connectivity index (χ4n) is 3.33. The molecule has 0 saturated carbocycles. The van der Waals surface area contributed by atoms with E-state index in [2.05, 4.69) is 4.99 Å². The molecule has 0 spiro atoms. The Labute approximate surface area is 188 Å². The zero-order valence-electron chi connectivity index (χ0n) is 15.3. The van der Waals surface area contributed by atoms with Crippen molar-refractivity contribution in [1.82, 2.24) is 0 Å². The van der Waals surface area contributed by atoms with Crippen molar-refractivity contribution in [3.63, 3.8) is 0 Å². The monoisotopic (exact) mass is 473 g/mol. The molecule has 0 radical (unpaired) electrons. The van der Waals surface area contributed by atoms with E-state index in [0.717, 1.165) is 0 Å². The lowest BCUT2D eigenvalue weighted by molar-refractivity contribution is -0.896. The first-order valence-corrected chi connectivity index (χ1v) is 10.3. The number of nitrogens with zero attached hydrogens (tertiary/aromatic N) is 2. The molecule has 0 bridgehead atoms. The Hall–Kier alpha value is -1.31. The third-order valence-corrected chi connectivity index (χ3v) is 6.16. The standard InChI is InChI=1S/C20H17Cl4N2O3/c1-26(8-7-25-12-26)20(15-6-5-13(21)9-17(15)23)28-11-14(29-20)10-27-18-4-2-3-16(22)19(18)24/h2-9,12,14H,10-11H2,1H3/q+1. The summed E-state index contributed by atoms with van der Waals surface area (Å²) in [5.74, 6) is -0.752. The van der Waals surface area contributed by atoms with E-state index in [0.29, 0.717) is 31.4 Å². The molecule has 3 atom stereocenters. The molecule has 1 saturated heterocycles. The van der Waals surface area contributed by atoms with Gasteiger partial charge in [0.15, 0.2) is 6.34 Å². The fraction of sp³-hybridized carbons (Fsp3) is 0.250. The van der Waals surface area contributed by atoms with Crippen LogP contribution in [0.25, 0.3) is 0 Å². The number of hydrogen-bond donors (Lipinski definition) is 0. The summed E-state index contributed by atoms with van der Waals surface area (Å²) >= 11 is 24.8. The Morgan fingerprint density at radius 2 is 2.00 bits per heavy atom. The molecule has 4 rings (SSSR count). The smallest absolute Gasteiger partial charge is 0.359 e. The van der Waals surface area contributed by atoms with Crippen LogP contribution < -0.4 is 4.74 Å². The van der Waals surface area contributed by atoms with Crippen LogP contribution in [0.2, 0.25) is 20.1 Å². The van der Waals surface area contributed by atoms with Gasteiger partial charge in [0.1, 0.15) is 29.7 Å². The highest BCUT2D eigenvalue weighted by Gasteiger charge is 2.59. The number of ether oxygens (including phenoxy) is 3. The van der Waals surface area contributed by atoms with Crippen LogP contribution in [0.4, 0.5) is 0 Å². The minimum atomic E-state index is -1.23. The van der Waals surface area contributed by atoms with Gasteiger partial charge >= 0.3 is 5.91 Å². The first-order chi connectivity index (χ1) is 13.8. The number of halogens is 4. The molecule has 2 heterocycles. The quantitative estimate of drug-likeness (QED) is 0.509. The molecule has 1 fully saturated rings. The summed E-state index contributed by atoms with van der Waals surface area (Å²) in [6, 6.07) is 10.4. The van der Waals surface area contributed by atoms with Crippen LogP contribution in [0.5, 0.6) is 5.75 Å². The zero-order chi connectivity index (χ0) is 20.6. The number of rotatable bonds is 5. The molecular weight excluding hydrogens is 458 g/mol. The van der Waals surface area contributed by atoms with E-state index in [4.69, 9.17) is 60.6 Å². The van der Waals surface area contributed by atoms with Crippen molar-refractivity contribution in [1.29, 1.82) is 0 Å². The maximum absolute atomic E-state index is 6.51. The van der Waals surface area contributed by atoms with E-state index < -0.39 is 5.91 Å². The maximum Gasteiger partial charge on any atom is 0.359 e. The number of aliphatic imine (C=N–C) groups is 1. The lowest BCUT2D eigenvalue weighted by Crippen LogP contribution is -2.56. The Bertz CT molecular complexity index is 986. The van der Waals surface area contributed by atoms with Crippen molar-refractivity contribution in [3.8, 4) is 5.75 Å². The largest absolute Gasteiger partial charge is 0.489 e. The lowest BCUT2D eigenvalue weighted by Gasteiger charge is -2.39. The Morgan fingerprint density at radius 1 is 1.17 bits per heavy atom. The molecule has 2 aliphatic rings. The van der Waals surface area contributed by atoms with Crippen LogP contribution >= 0.6 is 46.4 Å². The molecular formula is C20H17Cl4N2O3+. The Morgan fingerprint density at radius 3 is 2.72 bits per heavy atom. The minimum Gasteiger partial charge on any atom is -0.489 e. The molecule has 3 unspecified atom stereocenters. The summed E-state index contributed by atoms with van der Waals surface area (Å²) in [6.07, 6.45) is 4.90. The maximum atomic E-state index is 6.51. The summed E-state index contributed by atoms with van der Waals surface area (Å²) in [5.41, 5.74) is 0.646. The Kier molecular flexibility index (Phi) is 5.84. The van der Waals surface area contributed by atoms with Crippen LogP contribution in [0.3, 0.4) is 0 Å². The van der Waals surface area contributed by atoms with Gasteiger partial charge in [-0.1, -0.05) is 52.5 Å². The Balaban J connectivity index is 1.62. The highest BCUT2D eigenvalue weighted by atomic mass is 35.5. The summed E-state index contributed by atoms with van der Waals surface area (Å²) in [4.78, 5) is 4.21. The van der Waals surface area contributed by atoms with Crippen molar-refractivity contribution in [2.24, 2.45) is 4.99 Å². The number of hydrogen-bond acceptors (Lipinski definition) is 4. The highest BCUT2D eigenvalue weighted by Crippen LogP contribution is 2.46. The summed E-state index contributed by atoms with van der Waals surface area (Å²) < 4.78 is 18.6. The molecule has 0 aromatic heterocycles. The minimum absolute atomic E-state index is 0.128. The van der Waals surface area contributed by atoms with Gasteiger partial charge in [-0.2, -0.15) is 4.48 Å². The topological polar surface area (TPSA) is 40.0 Å². The van der Waals surface area contributed by atoms with Gasteiger partial charge in [-0.25, -0.2) is 4.99 Å². The molecule has 0 amide bonds. The molecule has 5 nitrogen and oxygen atoms in total. The predicted octanol–water partition coefficient (Wildman–Crippen LogP) is 5.86. The van der Waals surface area contributed by atoms with Crippen molar-refractivity contribution in [2.45, 2.75) is 12.0 Å². The molecule has 2 aromatic rings. The number of quaternary nitrogens is 1. The average Bonchev–Trinajstić information content (AvgIpc) is 3.31. The van der Waals surface area contributed by atoms with Gasteiger partial charge in [0.2, 0.25) is 0 Å². The van der Waals surface area contributed by atoms with Gasteiger partial charge in [0.05, 0.1) is 35.5 Å². The second-order valence-corrected chi connectivity index (χ2v) is 8.46. The molecule has 152 valence electrons. The zero-order valence-corrected chi connectivity index (χ0v) is 18.3. The van der Waals surface area contributed by atoms with Crippen molar-refractivity contribution >= 4 is 52.7 Å². The van der Waals surface area contributed by atoms with E-state index in [-0.39, 0.29) is 23.8 Å². The van der Waals surface area contributed by atoms with E-state index in [1.54, 1.807) is 48.9 Å². The van der Waals surface area contributed by atoms with Gasteiger partial charge in [-0.3, -0.25) is 9.47 Å². The van der Waals surface area contributed by atoms with Crippen LogP contribution in [0.15, 0.2) is 53.8 Å². The second kappa shape index (κ2) is 8.08. The molecule has 29 heavy (non-hydrogen) atoms. The molecule has 9 heteroatoms. The first kappa shape index (κ1) is 20.9. The van der Waals surface area contributed by atoms with Gasteiger partial charge in [-0.05, 0) is 30.3 Å². The third kappa shape index (κ3) is 3.77. The lowest BCUT2D eigenvalue weighted by atomic mass is 10.1. The van der Waals surface area contributed by atoms with Crippen molar-refractivity contribution < 1.29 is 18.7 Å². The fourth-order valence-corrected chi connectivity index (χ4v) is 4.20. The molecule has 0 aliphatic carbocycles. The van der Waals surface area contributed by atoms with Gasteiger partial charge < -0.3 is 4.74 Å². The van der Waals surface area contributed by atoms with E-state index >= 15 is 0 Å². The van der Waals surface area contributed by atoms with Crippen LogP contribution in [0.1, 0.15) is 5.56 Å². The summed E-state index contributed by atoms with van der Waals surface area (Å²) in [6.45, 7) is 0.501.